The zero-order chi connectivity index (χ0) is 17.5. The number of nitrogens with zero attached hydrogens (tertiary/aromatic N) is 1. The lowest BCUT2D eigenvalue weighted by molar-refractivity contribution is -0.123. The maximum atomic E-state index is 11.8. The van der Waals surface area contributed by atoms with Gasteiger partial charge < -0.3 is 15.0 Å². The summed E-state index contributed by atoms with van der Waals surface area (Å²) in [7, 11) is 0. The minimum absolute atomic E-state index is 0.0152. The average Bonchev–Trinajstić information content (AvgIpc) is 3.11. The predicted octanol–water partition coefficient (Wildman–Crippen LogP) is 3.12. The van der Waals surface area contributed by atoms with Gasteiger partial charge in [0.05, 0.1) is 0 Å². The SMILES string of the molecule is Cc1ccc(OCC(=O)NCCc2cnc(-c3ccccc3)[nH]2)cc1. The number of rotatable bonds is 7. The van der Waals surface area contributed by atoms with Crippen molar-refractivity contribution < 1.29 is 9.53 Å². The monoisotopic (exact) mass is 335 g/mol. The van der Waals surface area contributed by atoms with Crippen molar-refractivity contribution in [2.45, 2.75) is 13.3 Å². The van der Waals surface area contributed by atoms with Crippen LogP contribution in [0.3, 0.4) is 0 Å². The third kappa shape index (κ3) is 4.94. The van der Waals surface area contributed by atoms with Crippen LogP contribution in [0.4, 0.5) is 0 Å². The molecule has 3 aromatic rings. The molecular formula is C20H21N3O2. The molecule has 0 radical (unpaired) electrons. The van der Waals surface area contributed by atoms with Crippen LogP contribution < -0.4 is 10.1 Å². The van der Waals surface area contributed by atoms with Crippen LogP contribution in [-0.2, 0) is 11.2 Å². The third-order valence-electron chi connectivity index (χ3n) is 3.78. The second-order valence-corrected chi connectivity index (χ2v) is 5.82. The zero-order valence-electron chi connectivity index (χ0n) is 14.2. The van der Waals surface area contributed by atoms with E-state index in [1.807, 2.05) is 61.5 Å². The minimum Gasteiger partial charge on any atom is -0.484 e. The Kier molecular flexibility index (Phi) is 5.46. The largest absolute Gasteiger partial charge is 0.484 e. The fourth-order valence-corrected chi connectivity index (χ4v) is 2.40. The van der Waals surface area contributed by atoms with E-state index < -0.39 is 0 Å². The third-order valence-corrected chi connectivity index (χ3v) is 3.78. The number of hydrogen-bond acceptors (Lipinski definition) is 3. The number of amides is 1. The summed E-state index contributed by atoms with van der Waals surface area (Å²) >= 11 is 0. The van der Waals surface area contributed by atoms with Gasteiger partial charge >= 0.3 is 0 Å². The molecule has 2 aromatic carbocycles. The van der Waals surface area contributed by atoms with E-state index in [4.69, 9.17) is 4.74 Å². The highest BCUT2D eigenvalue weighted by molar-refractivity contribution is 5.77. The summed E-state index contributed by atoms with van der Waals surface area (Å²) in [5, 5.41) is 2.85. The summed E-state index contributed by atoms with van der Waals surface area (Å²) in [4.78, 5) is 19.5. The number of ether oxygens (including phenoxy) is 1. The number of aromatic nitrogens is 2. The maximum absolute atomic E-state index is 11.8. The van der Waals surface area contributed by atoms with Gasteiger partial charge in [0, 0.05) is 30.4 Å². The molecule has 0 saturated carbocycles. The Bertz CT molecular complexity index is 810. The summed E-state index contributed by atoms with van der Waals surface area (Å²) in [6.45, 7) is 2.56. The van der Waals surface area contributed by atoms with Crippen LogP contribution in [0.25, 0.3) is 11.4 Å². The molecule has 25 heavy (non-hydrogen) atoms. The Labute approximate surface area is 147 Å². The highest BCUT2D eigenvalue weighted by atomic mass is 16.5. The Morgan fingerprint density at radius 3 is 2.64 bits per heavy atom. The van der Waals surface area contributed by atoms with Crippen LogP contribution in [-0.4, -0.2) is 29.0 Å². The molecule has 0 fully saturated rings. The first-order valence-electron chi connectivity index (χ1n) is 8.26. The molecular weight excluding hydrogens is 314 g/mol. The van der Waals surface area contributed by atoms with E-state index in [1.54, 1.807) is 6.20 Å². The Hall–Kier alpha value is -3.08. The van der Waals surface area contributed by atoms with E-state index in [0.717, 1.165) is 22.6 Å². The lowest BCUT2D eigenvalue weighted by atomic mass is 10.2. The van der Waals surface area contributed by atoms with Crippen molar-refractivity contribution in [3.8, 4) is 17.1 Å². The molecule has 3 rings (SSSR count). The number of carbonyl (C=O) groups excluding carboxylic acids is 1. The molecule has 1 aromatic heterocycles. The summed E-state index contributed by atoms with van der Waals surface area (Å²) in [5.74, 6) is 1.40. The maximum Gasteiger partial charge on any atom is 0.257 e. The first-order valence-corrected chi connectivity index (χ1v) is 8.26. The first-order chi connectivity index (χ1) is 12.2. The number of H-pyrrole nitrogens is 1. The number of hydrogen-bond donors (Lipinski definition) is 2. The van der Waals surface area contributed by atoms with Gasteiger partial charge in [-0.25, -0.2) is 4.98 Å². The quantitative estimate of drug-likeness (QED) is 0.697. The molecule has 1 amide bonds. The van der Waals surface area contributed by atoms with Crippen molar-refractivity contribution in [2.75, 3.05) is 13.2 Å². The fourth-order valence-electron chi connectivity index (χ4n) is 2.40. The molecule has 1 heterocycles. The van der Waals surface area contributed by atoms with Crippen LogP contribution in [0, 0.1) is 6.92 Å². The van der Waals surface area contributed by atoms with Gasteiger partial charge in [0.15, 0.2) is 6.61 Å². The highest BCUT2D eigenvalue weighted by Crippen LogP contribution is 2.14. The van der Waals surface area contributed by atoms with Gasteiger partial charge in [-0.3, -0.25) is 4.79 Å². The topological polar surface area (TPSA) is 67.0 Å². The molecule has 0 aliphatic rings. The van der Waals surface area contributed by atoms with Crippen LogP contribution in [0.2, 0.25) is 0 Å². The lowest BCUT2D eigenvalue weighted by Gasteiger charge is -2.07. The smallest absolute Gasteiger partial charge is 0.257 e. The molecule has 128 valence electrons. The summed E-state index contributed by atoms with van der Waals surface area (Å²) in [6.07, 6.45) is 2.49. The van der Waals surface area contributed by atoms with Gasteiger partial charge in [0.2, 0.25) is 0 Å². The Morgan fingerprint density at radius 2 is 1.88 bits per heavy atom. The van der Waals surface area contributed by atoms with Crippen LogP contribution in [0.5, 0.6) is 5.75 Å². The van der Waals surface area contributed by atoms with Gasteiger partial charge in [-0.05, 0) is 19.1 Å². The van der Waals surface area contributed by atoms with Crippen molar-refractivity contribution in [2.24, 2.45) is 0 Å². The number of aromatic amines is 1. The summed E-state index contributed by atoms with van der Waals surface area (Å²) in [5.41, 5.74) is 3.19. The molecule has 0 unspecified atom stereocenters. The first kappa shape index (κ1) is 16.8. The number of imidazole rings is 1. The molecule has 0 aliphatic carbocycles. The van der Waals surface area contributed by atoms with Crippen LogP contribution >= 0.6 is 0 Å². The van der Waals surface area contributed by atoms with E-state index in [9.17, 15) is 4.79 Å². The van der Waals surface area contributed by atoms with E-state index in [1.165, 1.54) is 0 Å². The normalized spacial score (nSPS) is 10.4. The number of aryl methyl sites for hydroxylation is 1. The van der Waals surface area contributed by atoms with E-state index >= 15 is 0 Å². The lowest BCUT2D eigenvalue weighted by Crippen LogP contribution is -2.30. The van der Waals surface area contributed by atoms with Crippen molar-refractivity contribution in [3.05, 3.63) is 72.1 Å². The number of carbonyl (C=O) groups is 1. The van der Waals surface area contributed by atoms with E-state index in [-0.39, 0.29) is 12.5 Å². The van der Waals surface area contributed by atoms with Gasteiger partial charge in [-0.1, -0.05) is 48.0 Å². The highest BCUT2D eigenvalue weighted by Gasteiger charge is 2.05. The van der Waals surface area contributed by atoms with E-state index in [0.29, 0.717) is 18.7 Å². The van der Waals surface area contributed by atoms with Crippen LogP contribution in [0.15, 0.2) is 60.8 Å². The second kappa shape index (κ2) is 8.15. The summed E-state index contributed by atoms with van der Waals surface area (Å²) in [6, 6.07) is 17.6. The van der Waals surface area contributed by atoms with Gasteiger partial charge in [0.1, 0.15) is 11.6 Å². The van der Waals surface area contributed by atoms with Gasteiger partial charge in [0.25, 0.3) is 5.91 Å². The van der Waals surface area contributed by atoms with Gasteiger partial charge in [-0.2, -0.15) is 0 Å². The molecule has 0 saturated heterocycles. The second-order valence-electron chi connectivity index (χ2n) is 5.82. The summed E-state index contributed by atoms with van der Waals surface area (Å²) < 4.78 is 5.46. The van der Waals surface area contributed by atoms with Crippen molar-refractivity contribution in [3.63, 3.8) is 0 Å². The van der Waals surface area contributed by atoms with Gasteiger partial charge in [-0.15, -0.1) is 0 Å². The zero-order valence-corrected chi connectivity index (χ0v) is 14.2. The molecule has 5 nitrogen and oxygen atoms in total. The minimum atomic E-state index is -0.136. The van der Waals surface area contributed by atoms with Crippen molar-refractivity contribution in [1.29, 1.82) is 0 Å². The molecule has 0 bridgehead atoms. The average molecular weight is 335 g/mol. The van der Waals surface area contributed by atoms with Crippen molar-refractivity contribution in [1.82, 2.24) is 15.3 Å². The Morgan fingerprint density at radius 1 is 1.12 bits per heavy atom. The molecule has 5 heteroatoms. The standard InChI is InChI=1S/C20H21N3O2/c1-15-7-9-18(10-8-15)25-14-19(24)21-12-11-17-13-22-20(23-17)16-5-3-2-4-6-16/h2-10,13H,11-12,14H2,1H3,(H,21,24)(H,22,23). The van der Waals surface area contributed by atoms with E-state index in [2.05, 4.69) is 15.3 Å². The number of benzene rings is 2. The van der Waals surface area contributed by atoms with Crippen LogP contribution in [0.1, 0.15) is 11.3 Å². The predicted molar refractivity (Wildman–Crippen MR) is 97.4 cm³/mol. The fraction of sp³-hybridized carbons (Fsp3) is 0.200. The Balaban J connectivity index is 1.41. The molecule has 0 spiro atoms. The molecule has 2 N–H and O–H groups in total. The molecule has 0 atom stereocenters. The number of nitrogens with one attached hydrogen (secondary N) is 2. The molecule has 0 aliphatic heterocycles. The van der Waals surface area contributed by atoms with Crippen molar-refractivity contribution >= 4 is 5.91 Å².